The molecular weight excluding hydrogens is 423 g/mol. The van der Waals surface area contributed by atoms with Gasteiger partial charge in [-0.3, -0.25) is 0 Å². The second kappa shape index (κ2) is 8.81. The first-order valence-electron chi connectivity index (χ1n) is 10.2. The summed E-state index contributed by atoms with van der Waals surface area (Å²) in [6.07, 6.45) is 1.78. The van der Waals surface area contributed by atoms with Crippen LogP contribution in [0.25, 0.3) is 11.1 Å². The Morgan fingerprint density at radius 1 is 1.26 bits per heavy atom. The zero-order chi connectivity index (χ0) is 22.0. The largest absolute Gasteiger partial charge is 0.491 e. The molecule has 1 saturated heterocycles. The molecular formula is C21H25FN4O4S. The van der Waals surface area contributed by atoms with Crippen molar-refractivity contribution in [3.63, 3.8) is 0 Å². The quantitative estimate of drug-likeness (QED) is 0.572. The first-order chi connectivity index (χ1) is 14.8. The molecule has 1 fully saturated rings. The number of oxazole rings is 1. The number of nitrogens with two attached hydrogens (primary N) is 1. The maximum Gasteiger partial charge on any atom is 0.298 e. The lowest BCUT2D eigenvalue weighted by Gasteiger charge is -2.33. The summed E-state index contributed by atoms with van der Waals surface area (Å²) in [4.78, 5) is 6.57. The number of halogens is 1. The molecule has 2 heterocycles. The summed E-state index contributed by atoms with van der Waals surface area (Å²) in [5, 5.41) is 8.58. The van der Waals surface area contributed by atoms with Gasteiger partial charge in [-0.1, -0.05) is 6.07 Å². The number of aromatic nitrogens is 1. The number of anilines is 1. The molecule has 8 nitrogen and oxygen atoms in total. The third-order valence-electron chi connectivity index (χ3n) is 5.32. The van der Waals surface area contributed by atoms with E-state index in [4.69, 9.17) is 14.3 Å². The molecule has 31 heavy (non-hydrogen) atoms. The van der Waals surface area contributed by atoms with Gasteiger partial charge in [0.05, 0.1) is 11.5 Å². The number of ether oxygens (including phenoxy) is 1. The molecule has 0 radical (unpaired) electrons. The Bertz CT molecular complexity index is 1180. The number of primary sulfonamides is 1. The summed E-state index contributed by atoms with van der Waals surface area (Å²) < 4.78 is 48.7. The minimum Gasteiger partial charge on any atom is -0.491 e. The van der Waals surface area contributed by atoms with Crippen molar-refractivity contribution in [1.82, 2.24) is 10.3 Å². The van der Waals surface area contributed by atoms with Crippen LogP contribution in [0.4, 0.5) is 10.4 Å². The number of fused-ring (bicyclic) bond motifs is 1. The fourth-order valence-corrected chi connectivity index (χ4v) is 4.31. The molecule has 10 heteroatoms. The van der Waals surface area contributed by atoms with Gasteiger partial charge in [0.25, 0.3) is 6.01 Å². The maximum atomic E-state index is 14.0. The molecule has 0 saturated carbocycles. The van der Waals surface area contributed by atoms with E-state index in [1.807, 2.05) is 11.8 Å². The molecule has 166 valence electrons. The van der Waals surface area contributed by atoms with Crippen molar-refractivity contribution in [2.75, 3.05) is 24.6 Å². The zero-order valence-corrected chi connectivity index (χ0v) is 18.0. The van der Waals surface area contributed by atoms with E-state index in [-0.39, 0.29) is 16.7 Å². The normalized spacial score (nSPS) is 15.3. The van der Waals surface area contributed by atoms with E-state index < -0.39 is 15.8 Å². The summed E-state index contributed by atoms with van der Waals surface area (Å²) in [5.74, 6) is -0.197. The van der Waals surface area contributed by atoms with Crippen LogP contribution >= 0.6 is 0 Å². The summed E-state index contributed by atoms with van der Waals surface area (Å²) in [6.45, 7) is 4.35. The van der Waals surface area contributed by atoms with Crippen LogP contribution in [0, 0.1) is 5.82 Å². The van der Waals surface area contributed by atoms with Gasteiger partial charge in [0, 0.05) is 12.6 Å². The highest BCUT2D eigenvalue weighted by Crippen LogP contribution is 2.30. The van der Waals surface area contributed by atoms with Crippen LogP contribution in [0.1, 0.15) is 25.3 Å². The smallest absolute Gasteiger partial charge is 0.298 e. The number of sulfonamides is 1. The Balaban J connectivity index is 1.70. The maximum absolute atomic E-state index is 14.0. The van der Waals surface area contributed by atoms with Gasteiger partial charge in [0.1, 0.15) is 5.52 Å². The van der Waals surface area contributed by atoms with Crippen LogP contribution in [-0.2, 0) is 16.6 Å². The van der Waals surface area contributed by atoms with Gasteiger partial charge >= 0.3 is 0 Å². The Hall–Kier alpha value is -2.69. The lowest BCUT2D eigenvalue weighted by molar-refractivity contribution is 0.321. The van der Waals surface area contributed by atoms with Gasteiger partial charge < -0.3 is 19.4 Å². The minimum atomic E-state index is -3.84. The van der Waals surface area contributed by atoms with Crippen molar-refractivity contribution in [3.8, 4) is 5.75 Å². The molecule has 1 aliphatic heterocycles. The van der Waals surface area contributed by atoms with Gasteiger partial charge in [-0.05, 0) is 68.8 Å². The van der Waals surface area contributed by atoms with Crippen LogP contribution in [-0.4, -0.2) is 39.1 Å². The first kappa shape index (κ1) is 21.5. The summed E-state index contributed by atoms with van der Waals surface area (Å²) in [5.41, 5.74) is 1.74. The van der Waals surface area contributed by atoms with Crippen molar-refractivity contribution in [2.45, 2.75) is 37.2 Å². The van der Waals surface area contributed by atoms with Crippen molar-refractivity contribution >= 4 is 27.1 Å². The highest BCUT2D eigenvalue weighted by Gasteiger charge is 2.26. The number of hydrogen-bond donors (Lipinski definition) is 2. The highest BCUT2D eigenvalue weighted by molar-refractivity contribution is 7.89. The molecule has 0 unspecified atom stereocenters. The number of piperidine rings is 1. The van der Waals surface area contributed by atoms with Crippen molar-refractivity contribution < 1.29 is 22.0 Å². The molecule has 0 aliphatic carbocycles. The minimum absolute atomic E-state index is 0.0202. The lowest BCUT2D eigenvalue weighted by atomic mass is 10.0. The van der Waals surface area contributed by atoms with Crippen molar-refractivity contribution in [1.29, 1.82) is 0 Å². The Labute approximate surface area is 180 Å². The molecule has 0 atom stereocenters. The molecule has 3 aromatic rings. The van der Waals surface area contributed by atoms with E-state index in [0.29, 0.717) is 30.3 Å². The highest BCUT2D eigenvalue weighted by atomic mass is 32.2. The predicted octanol–water partition coefficient (Wildman–Crippen LogP) is 2.77. The Morgan fingerprint density at radius 3 is 2.74 bits per heavy atom. The lowest BCUT2D eigenvalue weighted by Crippen LogP contribution is -2.43. The number of rotatable bonds is 7. The standard InChI is InChI=1S/C21H25FN4O4S/c1-2-29-20-11-14(3-5-17(20)22)13-26(15-7-9-24-10-8-15)21-25-18-12-16(31(23,27)28)4-6-19(18)30-21/h3-6,11-12,15,24H,2,7-10,13H2,1H3,(H2,23,27,28). The molecule has 0 amide bonds. The van der Waals surface area contributed by atoms with Crippen LogP contribution in [0.5, 0.6) is 5.75 Å². The molecule has 0 spiro atoms. The van der Waals surface area contributed by atoms with Gasteiger partial charge in [-0.2, -0.15) is 4.98 Å². The fraction of sp³-hybridized carbons (Fsp3) is 0.381. The summed E-state index contributed by atoms with van der Waals surface area (Å²) >= 11 is 0. The average molecular weight is 449 g/mol. The van der Waals surface area contributed by atoms with Crippen LogP contribution in [0.2, 0.25) is 0 Å². The van der Waals surface area contributed by atoms with Gasteiger partial charge in [0.2, 0.25) is 10.0 Å². The van der Waals surface area contributed by atoms with E-state index in [1.165, 1.54) is 18.2 Å². The summed E-state index contributed by atoms with van der Waals surface area (Å²) in [6, 6.07) is 9.70. The van der Waals surface area contributed by atoms with E-state index >= 15 is 0 Å². The van der Waals surface area contributed by atoms with Gasteiger partial charge in [-0.25, -0.2) is 17.9 Å². The van der Waals surface area contributed by atoms with Crippen LogP contribution in [0.3, 0.4) is 0 Å². The molecule has 4 rings (SSSR count). The topological polar surface area (TPSA) is 111 Å². The predicted molar refractivity (Wildman–Crippen MR) is 115 cm³/mol. The number of nitrogens with zero attached hydrogens (tertiary/aromatic N) is 2. The fourth-order valence-electron chi connectivity index (χ4n) is 3.78. The molecule has 2 aromatic carbocycles. The second-order valence-electron chi connectivity index (χ2n) is 7.48. The van der Waals surface area contributed by atoms with Crippen LogP contribution < -0.4 is 20.1 Å². The van der Waals surface area contributed by atoms with Crippen LogP contribution in [0.15, 0.2) is 45.7 Å². The first-order valence-corrected chi connectivity index (χ1v) is 11.7. The van der Waals surface area contributed by atoms with Gasteiger partial charge in [0.15, 0.2) is 17.1 Å². The second-order valence-corrected chi connectivity index (χ2v) is 9.04. The number of nitrogens with one attached hydrogen (secondary N) is 1. The van der Waals surface area contributed by atoms with Gasteiger partial charge in [-0.15, -0.1) is 0 Å². The molecule has 1 aromatic heterocycles. The number of benzene rings is 2. The van der Waals surface area contributed by atoms with E-state index in [0.717, 1.165) is 31.5 Å². The third-order valence-corrected chi connectivity index (χ3v) is 6.23. The Morgan fingerprint density at radius 2 is 2.03 bits per heavy atom. The van der Waals surface area contributed by atoms with E-state index in [9.17, 15) is 12.8 Å². The molecule has 1 aliphatic rings. The Kier molecular flexibility index (Phi) is 6.12. The van der Waals surface area contributed by atoms with E-state index in [2.05, 4.69) is 10.3 Å². The molecule has 0 bridgehead atoms. The zero-order valence-electron chi connectivity index (χ0n) is 17.2. The van der Waals surface area contributed by atoms with E-state index in [1.54, 1.807) is 18.2 Å². The average Bonchev–Trinajstić information content (AvgIpc) is 3.17. The molecule has 3 N–H and O–H groups in total. The monoisotopic (exact) mass is 448 g/mol. The summed E-state index contributed by atoms with van der Waals surface area (Å²) in [7, 11) is -3.84. The SMILES string of the molecule is CCOc1cc(CN(c2nc3cc(S(N)(=O)=O)ccc3o2)C2CCNCC2)ccc1F. The van der Waals surface area contributed by atoms with Crippen molar-refractivity contribution in [2.24, 2.45) is 5.14 Å². The number of hydrogen-bond acceptors (Lipinski definition) is 7. The third kappa shape index (κ3) is 4.81. The van der Waals surface area contributed by atoms with Crippen molar-refractivity contribution in [3.05, 3.63) is 47.8 Å².